The average Bonchev–Trinajstić information content (AvgIpc) is 2.87. The maximum absolute atomic E-state index is 10.9. The molecule has 33 heavy (non-hydrogen) atoms. The van der Waals surface area contributed by atoms with Crippen LogP contribution >= 0.6 is 24.1 Å². The van der Waals surface area contributed by atoms with E-state index in [1.54, 1.807) is 24.1 Å². The highest BCUT2D eigenvalue weighted by molar-refractivity contribution is 8.08. The summed E-state index contributed by atoms with van der Waals surface area (Å²) in [6.45, 7) is 0. The molecule has 0 N–H and O–H groups in total. The van der Waals surface area contributed by atoms with E-state index in [1.165, 1.54) is 25.7 Å². The van der Waals surface area contributed by atoms with E-state index < -0.39 is 0 Å². The van der Waals surface area contributed by atoms with Crippen molar-refractivity contribution in [2.75, 3.05) is 0 Å². The monoisotopic (exact) mass is 498 g/mol. The fraction of sp³-hybridized carbons (Fsp3) is 0.923. The van der Waals surface area contributed by atoms with Gasteiger partial charge in [0.1, 0.15) is 12.6 Å². The lowest BCUT2D eigenvalue weighted by Crippen LogP contribution is -2.31. The maximum atomic E-state index is 10.9. The second-order valence-electron chi connectivity index (χ2n) is 10.7. The number of carbonyl (C=O) groups excluding carboxylic acids is 2. The molecule has 4 rings (SSSR count). The third-order valence-corrected chi connectivity index (χ3v) is 10.3. The molecule has 0 unspecified atom stereocenters. The summed E-state index contributed by atoms with van der Waals surface area (Å²) in [7, 11) is 0. The second-order valence-corrected chi connectivity index (χ2v) is 12.9. The Hall–Kier alpha value is -0.0800. The number of ether oxygens (including phenoxy) is 2. The van der Waals surface area contributed by atoms with E-state index in [-0.39, 0.29) is 11.8 Å². The van der Waals surface area contributed by atoms with Gasteiger partial charge in [0.05, 0.1) is 24.4 Å². The molecule has 4 aliphatic rings. The molecular weight excluding hydrogens is 456 g/mol. The molecule has 0 saturated heterocycles. The first kappa shape index (κ1) is 26.0. The summed E-state index contributed by atoms with van der Waals surface area (Å²) in [6, 6.07) is 0. The Morgan fingerprint density at radius 1 is 0.455 bits per heavy atom. The highest BCUT2D eigenvalue weighted by atomic mass is 32.2. The third kappa shape index (κ3) is 8.52. The number of hydrogen-bond acceptors (Lipinski definition) is 7. The van der Waals surface area contributed by atoms with Gasteiger partial charge in [-0.05, 0) is 103 Å². The van der Waals surface area contributed by atoms with Crippen LogP contribution in [0.2, 0.25) is 0 Å². The van der Waals surface area contributed by atoms with Crippen LogP contribution in [0.1, 0.15) is 103 Å². The number of rotatable bonds is 10. The molecule has 0 amide bonds. The van der Waals surface area contributed by atoms with E-state index in [2.05, 4.69) is 0 Å². The number of hydrogen-bond donors (Lipinski definition) is 0. The molecular formula is C26H42O5S2. The van der Waals surface area contributed by atoms with Crippen LogP contribution < -0.4 is 0 Å². The molecule has 0 atom stereocenters. The van der Waals surface area contributed by atoms with Gasteiger partial charge in [-0.2, -0.15) is 0 Å². The van der Waals surface area contributed by atoms with Gasteiger partial charge >= 0.3 is 0 Å². The Bertz CT molecular complexity index is 523. The van der Waals surface area contributed by atoms with Crippen molar-refractivity contribution in [1.29, 1.82) is 0 Å². The quantitative estimate of drug-likeness (QED) is 0.253. The van der Waals surface area contributed by atoms with Gasteiger partial charge in [0, 0.05) is 46.4 Å². The van der Waals surface area contributed by atoms with Crippen molar-refractivity contribution in [2.24, 2.45) is 11.8 Å². The van der Waals surface area contributed by atoms with E-state index in [4.69, 9.17) is 13.1 Å². The Balaban J connectivity index is 1.02. The summed E-state index contributed by atoms with van der Waals surface area (Å²) in [5, 5.41) is 1.17. The van der Waals surface area contributed by atoms with Crippen LogP contribution in [0, 0.1) is 11.8 Å². The summed E-state index contributed by atoms with van der Waals surface area (Å²) < 4.78 is 18.7. The van der Waals surface area contributed by atoms with Gasteiger partial charge < -0.3 is 19.1 Å². The van der Waals surface area contributed by atoms with Gasteiger partial charge in [-0.15, -0.1) is 0 Å². The average molecular weight is 499 g/mol. The molecule has 4 fully saturated rings. The number of carbonyl (C=O) groups is 2. The standard InChI is InChI=1S/C26H42O5S2/c27-17-19-1-5-21(6-2-19)29-23-9-13-25(14-10-23)32-31-33-26-15-11-24(12-16-26)30-22-7-3-20(18-28)4-8-22/h17-26H,1-16H2. The van der Waals surface area contributed by atoms with Gasteiger partial charge in [0.2, 0.25) is 0 Å². The van der Waals surface area contributed by atoms with Gasteiger partial charge in [0.15, 0.2) is 0 Å². The molecule has 0 aromatic heterocycles. The minimum absolute atomic E-state index is 0.267. The van der Waals surface area contributed by atoms with Crippen molar-refractivity contribution in [3.8, 4) is 0 Å². The van der Waals surface area contributed by atoms with Crippen molar-refractivity contribution >= 4 is 36.7 Å². The minimum atomic E-state index is 0.267. The van der Waals surface area contributed by atoms with Crippen molar-refractivity contribution in [1.82, 2.24) is 0 Å². The zero-order chi connectivity index (χ0) is 22.9. The van der Waals surface area contributed by atoms with Crippen LogP contribution in [0.4, 0.5) is 0 Å². The van der Waals surface area contributed by atoms with Crippen LogP contribution in [-0.4, -0.2) is 47.5 Å². The molecule has 0 radical (unpaired) electrons. The molecule has 0 aromatic carbocycles. The first-order chi connectivity index (χ1) is 16.2. The van der Waals surface area contributed by atoms with Crippen molar-refractivity contribution in [2.45, 2.75) is 138 Å². The Labute approximate surface area is 208 Å². The summed E-state index contributed by atoms with van der Waals surface area (Å²) in [5.41, 5.74) is 0. The second kappa shape index (κ2) is 13.9. The van der Waals surface area contributed by atoms with E-state index >= 15 is 0 Å². The third-order valence-electron chi connectivity index (χ3n) is 8.19. The highest BCUT2D eigenvalue weighted by Crippen LogP contribution is 2.39. The van der Waals surface area contributed by atoms with E-state index in [0.717, 1.165) is 89.6 Å². The smallest absolute Gasteiger partial charge is 0.123 e. The highest BCUT2D eigenvalue weighted by Gasteiger charge is 2.30. The summed E-state index contributed by atoms with van der Waals surface area (Å²) >= 11 is 3.37. The zero-order valence-corrected chi connectivity index (χ0v) is 21.6. The summed E-state index contributed by atoms with van der Waals surface area (Å²) in [4.78, 5) is 21.8. The number of aldehydes is 2. The molecule has 0 heterocycles. The summed E-state index contributed by atoms with van der Waals surface area (Å²) in [5.74, 6) is 0.534. The lowest BCUT2D eigenvalue weighted by molar-refractivity contribution is -0.114. The van der Waals surface area contributed by atoms with Crippen molar-refractivity contribution in [3.63, 3.8) is 0 Å². The van der Waals surface area contributed by atoms with Gasteiger partial charge in [0.25, 0.3) is 0 Å². The molecule has 0 aliphatic heterocycles. The van der Waals surface area contributed by atoms with Crippen LogP contribution in [-0.2, 0) is 22.7 Å². The minimum Gasteiger partial charge on any atom is -0.375 e. The molecule has 4 aliphatic carbocycles. The Morgan fingerprint density at radius 2 is 0.758 bits per heavy atom. The summed E-state index contributed by atoms with van der Waals surface area (Å²) in [6.07, 6.45) is 21.2. The fourth-order valence-corrected chi connectivity index (χ4v) is 7.93. The Morgan fingerprint density at radius 3 is 1.06 bits per heavy atom. The van der Waals surface area contributed by atoms with Crippen LogP contribution in [0.25, 0.3) is 0 Å². The maximum Gasteiger partial charge on any atom is 0.123 e. The Kier molecular flexibility index (Phi) is 10.9. The predicted molar refractivity (Wildman–Crippen MR) is 134 cm³/mol. The lowest BCUT2D eigenvalue weighted by Gasteiger charge is -2.34. The molecule has 0 aromatic rings. The molecule has 0 spiro atoms. The molecule has 4 saturated carbocycles. The van der Waals surface area contributed by atoms with Crippen LogP contribution in [0.3, 0.4) is 0 Å². The molecule has 188 valence electrons. The van der Waals surface area contributed by atoms with Crippen molar-refractivity contribution < 1.29 is 22.7 Å². The van der Waals surface area contributed by atoms with Gasteiger partial charge in [-0.25, -0.2) is 3.63 Å². The first-order valence-electron chi connectivity index (χ1n) is 13.4. The van der Waals surface area contributed by atoms with Gasteiger partial charge in [-0.3, -0.25) is 0 Å². The lowest BCUT2D eigenvalue weighted by atomic mass is 9.88. The van der Waals surface area contributed by atoms with Crippen LogP contribution in [0.5, 0.6) is 0 Å². The SMILES string of the molecule is O=CC1CCC(OC2CCC(SOSC3CCC(OC4CCC(C=O)CC4)CC3)CC2)CC1. The van der Waals surface area contributed by atoms with Crippen LogP contribution in [0.15, 0.2) is 0 Å². The van der Waals surface area contributed by atoms with E-state index in [1.807, 2.05) is 0 Å². The van der Waals surface area contributed by atoms with Gasteiger partial charge in [-0.1, -0.05) is 0 Å². The molecule has 0 bridgehead atoms. The normalized spacial score (nSPS) is 40.2. The van der Waals surface area contributed by atoms with E-state index in [0.29, 0.717) is 34.9 Å². The molecule has 5 nitrogen and oxygen atoms in total. The van der Waals surface area contributed by atoms with E-state index in [9.17, 15) is 9.59 Å². The largest absolute Gasteiger partial charge is 0.375 e. The first-order valence-corrected chi connectivity index (χ1v) is 15.0. The molecule has 7 heteroatoms. The zero-order valence-electron chi connectivity index (χ0n) is 19.9. The topological polar surface area (TPSA) is 61.8 Å². The fourth-order valence-electron chi connectivity index (χ4n) is 5.93. The van der Waals surface area contributed by atoms with Crippen molar-refractivity contribution in [3.05, 3.63) is 0 Å². The predicted octanol–water partition coefficient (Wildman–Crippen LogP) is 6.47.